The van der Waals surface area contributed by atoms with E-state index >= 15 is 0 Å². The van der Waals surface area contributed by atoms with Gasteiger partial charge in [0.1, 0.15) is 0 Å². The quantitative estimate of drug-likeness (QED) is 0.930. The van der Waals surface area contributed by atoms with Crippen molar-refractivity contribution in [2.24, 2.45) is 7.05 Å². The summed E-state index contributed by atoms with van der Waals surface area (Å²) in [5, 5.41) is 15.2. The summed E-state index contributed by atoms with van der Waals surface area (Å²) in [6.45, 7) is 1.76. The van der Waals surface area contributed by atoms with Crippen LogP contribution >= 0.6 is 11.6 Å². The number of nitrogens with zero attached hydrogens (tertiary/aromatic N) is 5. The number of likely N-dealkylation sites (tertiary alicyclic amines) is 1. The van der Waals surface area contributed by atoms with Crippen LogP contribution in [0.15, 0.2) is 24.3 Å². The molecular weight excluding hydrogens is 316 g/mol. The van der Waals surface area contributed by atoms with E-state index in [4.69, 9.17) is 11.6 Å². The first kappa shape index (κ1) is 15.7. The molecule has 1 aromatic heterocycles. The van der Waals surface area contributed by atoms with Crippen LogP contribution in [0.2, 0.25) is 5.02 Å². The second-order valence-electron chi connectivity index (χ2n) is 5.67. The minimum Gasteiger partial charge on any atom is -0.331 e. The van der Waals surface area contributed by atoms with E-state index in [1.165, 1.54) is 10.4 Å². The summed E-state index contributed by atoms with van der Waals surface area (Å²) in [7, 11) is 1.69. The van der Waals surface area contributed by atoms with Gasteiger partial charge in [-0.15, -0.1) is 10.2 Å². The number of aryl methyl sites for hydroxylation is 1. The third-order valence-electron chi connectivity index (χ3n) is 4.05. The van der Waals surface area contributed by atoms with Crippen molar-refractivity contribution < 1.29 is 4.79 Å². The number of amides is 2. The van der Waals surface area contributed by atoms with Gasteiger partial charge in [-0.3, -0.25) is 0 Å². The van der Waals surface area contributed by atoms with E-state index in [1.807, 2.05) is 23.1 Å². The standard InChI is InChI=1S/C15H19ClN6O/c1-21-19-14(18-20-21)10-17-15(23)22-7-5-11(6-8-22)12-3-2-4-13(16)9-12/h2-4,9,11H,5-8,10H2,1H3,(H,17,23). The third kappa shape index (κ3) is 3.98. The van der Waals surface area contributed by atoms with E-state index in [2.05, 4.69) is 26.8 Å². The number of benzene rings is 1. The predicted molar refractivity (Wildman–Crippen MR) is 86.0 cm³/mol. The molecular formula is C15H19ClN6O. The topological polar surface area (TPSA) is 75.9 Å². The van der Waals surface area contributed by atoms with Crippen molar-refractivity contribution in [3.63, 3.8) is 0 Å². The lowest BCUT2D eigenvalue weighted by Crippen LogP contribution is -2.44. The molecule has 23 heavy (non-hydrogen) atoms. The number of piperidine rings is 1. The summed E-state index contributed by atoms with van der Waals surface area (Å²) in [6, 6.07) is 7.90. The number of carbonyl (C=O) groups is 1. The summed E-state index contributed by atoms with van der Waals surface area (Å²) in [5.41, 5.74) is 1.25. The molecule has 2 amide bonds. The average molecular weight is 335 g/mol. The lowest BCUT2D eigenvalue weighted by molar-refractivity contribution is 0.180. The molecule has 0 unspecified atom stereocenters. The number of carbonyl (C=O) groups excluding carboxylic acids is 1. The number of rotatable bonds is 3. The number of aromatic nitrogens is 4. The maximum absolute atomic E-state index is 12.2. The van der Waals surface area contributed by atoms with Gasteiger partial charge in [0.05, 0.1) is 13.6 Å². The van der Waals surface area contributed by atoms with Crippen LogP contribution in [0.3, 0.4) is 0 Å². The smallest absolute Gasteiger partial charge is 0.317 e. The van der Waals surface area contributed by atoms with Crippen molar-refractivity contribution >= 4 is 17.6 Å². The highest BCUT2D eigenvalue weighted by atomic mass is 35.5. The highest BCUT2D eigenvalue weighted by Gasteiger charge is 2.24. The van der Waals surface area contributed by atoms with Crippen LogP contribution in [-0.2, 0) is 13.6 Å². The highest BCUT2D eigenvalue weighted by molar-refractivity contribution is 6.30. The van der Waals surface area contributed by atoms with E-state index in [0.717, 1.165) is 31.0 Å². The van der Waals surface area contributed by atoms with Crippen LogP contribution in [0.25, 0.3) is 0 Å². The zero-order chi connectivity index (χ0) is 16.2. The molecule has 2 aromatic rings. The Balaban J connectivity index is 1.49. The molecule has 7 nitrogen and oxygen atoms in total. The summed E-state index contributed by atoms with van der Waals surface area (Å²) < 4.78 is 0. The molecule has 0 radical (unpaired) electrons. The van der Waals surface area contributed by atoms with Gasteiger partial charge in [-0.2, -0.15) is 4.80 Å². The fourth-order valence-corrected chi connectivity index (χ4v) is 3.04. The van der Waals surface area contributed by atoms with Crippen molar-refractivity contribution in [2.75, 3.05) is 13.1 Å². The van der Waals surface area contributed by atoms with Crippen LogP contribution in [0.1, 0.15) is 30.1 Å². The van der Waals surface area contributed by atoms with Crippen molar-refractivity contribution in [1.29, 1.82) is 0 Å². The molecule has 8 heteroatoms. The number of halogens is 1. The molecule has 1 aromatic carbocycles. The maximum Gasteiger partial charge on any atom is 0.317 e. The van der Waals surface area contributed by atoms with E-state index < -0.39 is 0 Å². The van der Waals surface area contributed by atoms with Gasteiger partial charge in [0, 0.05) is 18.1 Å². The van der Waals surface area contributed by atoms with Gasteiger partial charge in [-0.05, 0) is 41.7 Å². The molecule has 1 saturated heterocycles. The normalized spacial score (nSPS) is 15.7. The Bertz CT molecular complexity index is 680. The minimum absolute atomic E-state index is 0.0815. The first-order chi connectivity index (χ1) is 11.1. The molecule has 1 N–H and O–H groups in total. The molecule has 1 aliphatic heterocycles. The van der Waals surface area contributed by atoms with Crippen molar-refractivity contribution in [3.8, 4) is 0 Å². The van der Waals surface area contributed by atoms with E-state index in [9.17, 15) is 4.79 Å². The Morgan fingerprint density at radius 2 is 2.17 bits per heavy atom. The summed E-state index contributed by atoms with van der Waals surface area (Å²) in [4.78, 5) is 15.4. The summed E-state index contributed by atoms with van der Waals surface area (Å²) in [5.74, 6) is 0.967. The van der Waals surface area contributed by atoms with Crippen LogP contribution in [0.5, 0.6) is 0 Å². The van der Waals surface area contributed by atoms with Crippen LogP contribution in [0, 0.1) is 0 Å². The highest BCUT2D eigenvalue weighted by Crippen LogP contribution is 2.29. The molecule has 0 bridgehead atoms. The second-order valence-corrected chi connectivity index (χ2v) is 6.11. The molecule has 1 aliphatic rings. The third-order valence-corrected chi connectivity index (χ3v) is 4.28. The maximum atomic E-state index is 12.2. The van der Waals surface area contributed by atoms with Crippen molar-refractivity contribution in [3.05, 3.63) is 40.7 Å². The van der Waals surface area contributed by atoms with Gasteiger partial charge in [0.25, 0.3) is 0 Å². The van der Waals surface area contributed by atoms with Crippen LogP contribution in [0.4, 0.5) is 4.79 Å². The summed E-state index contributed by atoms with van der Waals surface area (Å²) >= 11 is 6.05. The number of nitrogens with one attached hydrogen (secondary N) is 1. The predicted octanol–water partition coefficient (Wildman–Crippen LogP) is 1.95. The fourth-order valence-electron chi connectivity index (χ4n) is 2.84. The Kier molecular flexibility index (Phi) is 4.76. The Morgan fingerprint density at radius 3 is 2.83 bits per heavy atom. The van der Waals surface area contributed by atoms with Crippen LogP contribution in [-0.4, -0.2) is 44.2 Å². The lowest BCUT2D eigenvalue weighted by atomic mass is 9.89. The molecule has 1 fully saturated rings. The largest absolute Gasteiger partial charge is 0.331 e. The lowest BCUT2D eigenvalue weighted by Gasteiger charge is -2.32. The van der Waals surface area contributed by atoms with Crippen molar-refractivity contribution in [2.45, 2.75) is 25.3 Å². The van der Waals surface area contributed by atoms with Gasteiger partial charge in [0.15, 0.2) is 5.82 Å². The zero-order valence-electron chi connectivity index (χ0n) is 12.9. The fraction of sp³-hybridized carbons (Fsp3) is 0.467. The van der Waals surface area contributed by atoms with Gasteiger partial charge in [-0.25, -0.2) is 4.79 Å². The first-order valence-electron chi connectivity index (χ1n) is 7.63. The number of hydrogen-bond acceptors (Lipinski definition) is 4. The van der Waals surface area contributed by atoms with Gasteiger partial charge < -0.3 is 10.2 Å². The second kappa shape index (κ2) is 6.95. The Hall–Kier alpha value is -2.15. The molecule has 2 heterocycles. The number of urea groups is 1. The molecule has 122 valence electrons. The number of hydrogen-bond donors (Lipinski definition) is 1. The Labute approximate surface area is 139 Å². The van der Waals surface area contributed by atoms with Gasteiger partial charge in [0.2, 0.25) is 0 Å². The first-order valence-corrected chi connectivity index (χ1v) is 8.01. The molecule has 0 spiro atoms. The monoisotopic (exact) mass is 334 g/mol. The number of tetrazole rings is 1. The summed E-state index contributed by atoms with van der Waals surface area (Å²) in [6.07, 6.45) is 1.88. The Morgan fingerprint density at radius 1 is 1.39 bits per heavy atom. The molecule has 3 rings (SSSR count). The van der Waals surface area contributed by atoms with Crippen LogP contribution < -0.4 is 5.32 Å². The van der Waals surface area contributed by atoms with E-state index in [0.29, 0.717) is 18.3 Å². The SMILES string of the molecule is Cn1nnc(CNC(=O)N2CCC(c3cccc(Cl)c3)CC2)n1. The zero-order valence-corrected chi connectivity index (χ0v) is 13.7. The molecule has 0 saturated carbocycles. The average Bonchev–Trinajstić information content (AvgIpc) is 2.98. The van der Waals surface area contributed by atoms with E-state index in [1.54, 1.807) is 7.05 Å². The molecule has 0 aliphatic carbocycles. The van der Waals surface area contributed by atoms with E-state index in [-0.39, 0.29) is 6.03 Å². The van der Waals surface area contributed by atoms with Gasteiger partial charge >= 0.3 is 6.03 Å². The molecule has 0 atom stereocenters. The minimum atomic E-state index is -0.0815. The van der Waals surface area contributed by atoms with Crippen molar-refractivity contribution in [1.82, 2.24) is 30.4 Å². The van der Waals surface area contributed by atoms with Gasteiger partial charge in [-0.1, -0.05) is 23.7 Å².